The molecular weight excluding hydrogens is 398 g/mol. The normalized spacial score (nSPS) is 16.1. The van der Waals surface area contributed by atoms with Crippen LogP contribution in [0.25, 0.3) is 0 Å². The zero-order valence-corrected chi connectivity index (χ0v) is 17.0. The van der Waals surface area contributed by atoms with Gasteiger partial charge in [-0.25, -0.2) is 8.42 Å². The van der Waals surface area contributed by atoms with E-state index in [4.69, 9.17) is 4.42 Å². The number of benzene rings is 1. The van der Waals surface area contributed by atoms with Gasteiger partial charge in [0.05, 0.1) is 11.0 Å². The number of nitrogens with zero attached hydrogens (tertiary/aromatic N) is 2. The van der Waals surface area contributed by atoms with Crippen molar-refractivity contribution in [2.75, 3.05) is 18.4 Å². The highest BCUT2D eigenvalue weighted by Crippen LogP contribution is 2.28. The number of furan rings is 1. The first-order valence-corrected chi connectivity index (χ1v) is 10.8. The molecule has 0 saturated carbocycles. The lowest BCUT2D eigenvalue weighted by Gasteiger charge is -2.33. The highest BCUT2D eigenvalue weighted by Gasteiger charge is 2.30. The van der Waals surface area contributed by atoms with E-state index in [9.17, 15) is 23.3 Å². The summed E-state index contributed by atoms with van der Waals surface area (Å²) in [6.07, 6.45) is 1.70. The van der Waals surface area contributed by atoms with Crippen molar-refractivity contribution < 1.29 is 22.6 Å². The van der Waals surface area contributed by atoms with E-state index in [0.29, 0.717) is 30.6 Å². The molecule has 10 heteroatoms. The van der Waals surface area contributed by atoms with Gasteiger partial charge in [0.2, 0.25) is 10.0 Å². The van der Waals surface area contributed by atoms with Crippen LogP contribution in [0.1, 0.15) is 37.2 Å². The van der Waals surface area contributed by atoms with Crippen molar-refractivity contribution in [1.82, 2.24) is 4.31 Å². The quantitative estimate of drug-likeness (QED) is 0.562. The first kappa shape index (κ1) is 21.0. The van der Waals surface area contributed by atoms with Crippen LogP contribution in [0.3, 0.4) is 0 Å². The van der Waals surface area contributed by atoms with Gasteiger partial charge in [0, 0.05) is 18.8 Å². The number of nitro groups is 1. The van der Waals surface area contributed by atoms with Crippen LogP contribution in [-0.2, 0) is 10.0 Å². The largest absolute Gasteiger partial charge is 0.433 e. The maximum Gasteiger partial charge on any atom is 0.433 e. The summed E-state index contributed by atoms with van der Waals surface area (Å²) in [5.74, 6) is -0.321. The first-order chi connectivity index (χ1) is 13.7. The molecule has 0 aliphatic carbocycles. The van der Waals surface area contributed by atoms with Gasteiger partial charge in [0.25, 0.3) is 5.91 Å². The van der Waals surface area contributed by atoms with Gasteiger partial charge in [-0.1, -0.05) is 13.8 Å². The van der Waals surface area contributed by atoms with Crippen molar-refractivity contribution in [2.24, 2.45) is 11.8 Å². The highest BCUT2D eigenvalue weighted by molar-refractivity contribution is 7.89. The van der Waals surface area contributed by atoms with Crippen LogP contribution in [0.4, 0.5) is 11.6 Å². The van der Waals surface area contributed by atoms with Crippen LogP contribution >= 0.6 is 0 Å². The molecule has 9 nitrogen and oxygen atoms in total. The van der Waals surface area contributed by atoms with Crippen molar-refractivity contribution in [1.29, 1.82) is 0 Å². The Hall–Kier alpha value is -2.72. The molecule has 0 spiro atoms. The molecule has 1 aromatic carbocycles. The Balaban J connectivity index is 1.66. The summed E-state index contributed by atoms with van der Waals surface area (Å²) in [7, 11) is -3.59. The van der Waals surface area contributed by atoms with Gasteiger partial charge in [-0.2, -0.15) is 4.31 Å². The maximum absolute atomic E-state index is 12.8. The summed E-state index contributed by atoms with van der Waals surface area (Å²) in [6, 6.07) is 8.11. The van der Waals surface area contributed by atoms with Crippen LogP contribution in [0.15, 0.2) is 45.7 Å². The van der Waals surface area contributed by atoms with Crippen LogP contribution in [-0.4, -0.2) is 36.6 Å². The third-order valence-electron chi connectivity index (χ3n) is 5.19. The van der Waals surface area contributed by atoms with Gasteiger partial charge in [0.1, 0.15) is 4.92 Å². The predicted molar refractivity (Wildman–Crippen MR) is 106 cm³/mol. The third-order valence-corrected chi connectivity index (χ3v) is 7.10. The van der Waals surface area contributed by atoms with Crippen molar-refractivity contribution in [3.8, 4) is 0 Å². The second kappa shape index (κ2) is 8.34. The Labute approximate surface area is 168 Å². The number of carbonyl (C=O) groups excluding carboxylic acids is 1. The zero-order chi connectivity index (χ0) is 21.2. The van der Waals surface area contributed by atoms with E-state index in [-0.39, 0.29) is 10.7 Å². The van der Waals surface area contributed by atoms with E-state index in [1.807, 2.05) is 0 Å². The summed E-state index contributed by atoms with van der Waals surface area (Å²) in [5.41, 5.74) is 0.353. The molecular formula is C19H23N3O6S. The standard InChI is InChI=1S/C19H23N3O6S/c1-13(2)14-9-11-21(12-10-14)29(26,27)16-5-3-15(4-6-16)20-19(23)17-7-8-18(28-17)22(24)25/h3-8,13-14H,9-12H2,1-2H3,(H,20,23). The number of nitrogens with one attached hydrogen (secondary N) is 1. The lowest BCUT2D eigenvalue weighted by Crippen LogP contribution is -2.39. The summed E-state index contributed by atoms with van der Waals surface area (Å²) in [4.78, 5) is 22.2. The highest BCUT2D eigenvalue weighted by atomic mass is 32.2. The number of hydrogen-bond donors (Lipinski definition) is 1. The van der Waals surface area contributed by atoms with Gasteiger partial charge in [-0.05, 0) is 55.0 Å². The van der Waals surface area contributed by atoms with Crippen LogP contribution in [0, 0.1) is 22.0 Å². The average Bonchev–Trinajstić information content (AvgIpc) is 3.19. The molecule has 0 unspecified atom stereocenters. The number of carbonyl (C=O) groups is 1. The summed E-state index contributed by atoms with van der Waals surface area (Å²) >= 11 is 0. The Morgan fingerprint density at radius 2 is 1.79 bits per heavy atom. The Kier molecular flexibility index (Phi) is 6.04. The number of anilines is 1. The SMILES string of the molecule is CC(C)C1CCN(S(=O)(=O)c2ccc(NC(=O)c3ccc([N+](=O)[O-])o3)cc2)CC1. The van der Waals surface area contributed by atoms with Gasteiger partial charge in [-0.15, -0.1) is 0 Å². The fraction of sp³-hybridized carbons (Fsp3) is 0.421. The topological polar surface area (TPSA) is 123 Å². The average molecular weight is 421 g/mol. The number of hydrogen-bond acceptors (Lipinski definition) is 6. The Morgan fingerprint density at radius 1 is 1.17 bits per heavy atom. The van der Waals surface area contributed by atoms with Crippen molar-refractivity contribution in [3.05, 3.63) is 52.3 Å². The van der Waals surface area contributed by atoms with E-state index in [2.05, 4.69) is 19.2 Å². The van der Waals surface area contributed by atoms with Gasteiger partial charge < -0.3 is 9.73 Å². The fourth-order valence-corrected chi connectivity index (χ4v) is 4.85. The van der Waals surface area contributed by atoms with E-state index < -0.39 is 26.7 Å². The third kappa shape index (κ3) is 4.65. The van der Waals surface area contributed by atoms with Crippen LogP contribution in [0.2, 0.25) is 0 Å². The molecule has 1 aliphatic heterocycles. The van der Waals surface area contributed by atoms with Crippen molar-refractivity contribution in [3.63, 3.8) is 0 Å². The minimum absolute atomic E-state index is 0.159. The molecule has 0 atom stereocenters. The molecule has 2 aromatic rings. The minimum atomic E-state index is -3.59. The second-order valence-corrected chi connectivity index (χ2v) is 9.30. The molecule has 2 heterocycles. The molecule has 1 fully saturated rings. The molecule has 0 bridgehead atoms. The Morgan fingerprint density at radius 3 is 2.31 bits per heavy atom. The smallest absolute Gasteiger partial charge is 0.395 e. The molecule has 1 saturated heterocycles. The van der Waals surface area contributed by atoms with E-state index in [1.165, 1.54) is 34.6 Å². The Bertz CT molecular complexity index is 989. The monoisotopic (exact) mass is 421 g/mol. The maximum atomic E-state index is 12.8. The number of amides is 1. The van der Waals surface area contributed by atoms with E-state index in [0.717, 1.165) is 18.9 Å². The van der Waals surface area contributed by atoms with E-state index >= 15 is 0 Å². The fourth-order valence-electron chi connectivity index (χ4n) is 3.38. The van der Waals surface area contributed by atoms with Gasteiger partial charge >= 0.3 is 5.88 Å². The van der Waals surface area contributed by atoms with Crippen molar-refractivity contribution >= 4 is 27.5 Å². The molecule has 29 heavy (non-hydrogen) atoms. The molecule has 3 rings (SSSR count). The van der Waals surface area contributed by atoms with Gasteiger partial charge in [-0.3, -0.25) is 14.9 Å². The molecule has 1 amide bonds. The predicted octanol–water partition coefficient (Wildman–Crippen LogP) is 3.50. The molecule has 0 radical (unpaired) electrons. The summed E-state index contributed by atoms with van der Waals surface area (Å²) in [6.45, 7) is 5.31. The zero-order valence-electron chi connectivity index (χ0n) is 16.2. The number of piperidine rings is 1. The molecule has 1 aromatic heterocycles. The van der Waals surface area contributed by atoms with Crippen LogP contribution in [0.5, 0.6) is 0 Å². The minimum Gasteiger partial charge on any atom is -0.395 e. The number of sulfonamides is 1. The lowest BCUT2D eigenvalue weighted by molar-refractivity contribution is -0.402. The molecule has 156 valence electrons. The van der Waals surface area contributed by atoms with Crippen LogP contribution < -0.4 is 5.32 Å². The lowest BCUT2D eigenvalue weighted by atomic mass is 9.87. The summed E-state index contributed by atoms with van der Waals surface area (Å²) < 4.78 is 32.0. The van der Waals surface area contributed by atoms with Gasteiger partial charge in [0.15, 0.2) is 5.76 Å². The first-order valence-electron chi connectivity index (χ1n) is 9.34. The number of rotatable bonds is 6. The molecule has 1 aliphatic rings. The van der Waals surface area contributed by atoms with Crippen molar-refractivity contribution in [2.45, 2.75) is 31.6 Å². The molecule has 1 N–H and O–H groups in total. The van der Waals surface area contributed by atoms with E-state index in [1.54, 1.807) is 0 Å². The summed E-state index contributed by atoms with van der Waals surface area (Å²) in [5, 5.41) is 13.2. The second-order valence-electron chi connectivity index (χ2n) is 7.36.